The Morgan fingerprint density at radius 2 is 1.91 bits per heavy atom. The normalized spacial score (nSPS) is 14.0. The number of pyridine rings is 1. The summed E-state index contributed by atoms with van der Waals surface area (Å²) >= 11 is 1.39. The molecule has 5 rings (SSSR count). The predicted molar refractivity (Wildman–Crippen MR) is 131 cm³/mol. The van der Waals surface area contributed by atoms with Crippen molar-refractivity contribution in [3.63, 3.8) is 0 Å². The van der Waals surface area contributed by atoms with Gasteiger partial charge in [0.25, 0.3) is 5.91 Å². The summed E-state index contributed by atoms with van der Waals surface area (Å²) in [6.45, 7) is 3.84. The van der Waals surface area contributed by atoms with Gasteiger partial charge in [-0.3, -0.25) is 4.79 Å². The number of hydrogen-bond acceptors (Lipinski definition) is 7. The lowest BCUT2D eigenvalue weighted by Gasteiger charge is -2.14. The molecule has 1 amide bonds. The lowest BCUT2D eigenvalue weighted by molar-refractivity contribution is 0.0954. The number of anilines is 2. The van der Waals surface area contributed by atoms with Crippen molar-refractivity contribution in [1.29, 1.82) is 0 Å². The van der Waals surface area contributed by atoms with E-state index in [1.807, 2.05) is 59.1 Å². The van der Waals surface area contributed by atoms with Crippen LogP contribution >= 0.6 is 11.3 Å². The molecule has 170 valence electrons. The third-order valence-electron chi connectivity index (χ3n) is 5.72. The summed E-state index contributed by atoms with van der Waals surface area (Å²) in [6, 6.07) is 17.4. The van der Waals surface area contributed by atoms with Crippen molar-refractivity contribution >= 4 is 33.8 Å². The zero-order chi connectivity index (χ0) is 22.6. The van der Waals surface area contributed by atoms with Gasteiger partial charge in [-0.1, -0.05) is 6.07 Å². The molecular weight excluding hydrogens is 436 g/mol. The van der Waals surface area contributed by atoms with Gasteiger partial charge in [-0.2, -0.15) is 4.98 Å². The van der Waals surface area contributed by atoms with Gasteiger partial charge in [0.05, 0.1) is 22.7 Å². The molecule has 0 spiro atoms. The molecule has 0 atom stereocenters. The second-order valence-electron chi connectivity index (χ2n) is 7.94. The summed E-state index contributed by atoms with van der Waals surface area (Å²) < 4.78 is 7.06. The number of carbonyl (C=O) groups is 1. The number of nitrogens with one attached hydrogen (secondary N) is 2. The molecule has 0 saturated carbocycles. The number of methoxy groups -OCH3 is 1. The van der Waals surface area contributed by atoms with E-state index in [-0.39, 0.29) is 5.91 Å². The van der Waals surface area contributed by atoms with Crippen LogP contribution in [0.2, 0.25) is 0 Å². The zero-order valence-electron chi connectivity index (χ0n) is 18.5. The highest BCUT2D eigenvalue weighted by molar-refractivity contribution is 7.18. The van der Waals surface area contributed by atoms with Gasteiger partial charge in [0, 0.05) is 18.7 Å². The van der Waals surface area contributed by atoms with E-state index in [4.69, 9.17) is 4.74 Å². The minimum absolute atomic E-state index is 0.0444. The Labute approximate surface area is 196 Å². The van der Waals surface area contributed by atoms with Gasteiger partial charge in [0.1, 0.15) is 5.75 Å². The Bertz CT molecular complexity index is 1240. The maximum absolute atomic E-state index is 12.5. The van der Waals surface area contributed by atoms with Crippen LogP contribution in [0.4, 0.5) is 10.9 Å². The molecule has 0 radical (unpaired) electrons. The second-order valence-corrected chi connectivity index (χ2v) is 9.02. The first-order valence-corrected chi connectivity index (χ1v) is 11.9. The third-order valence-corrected chi connectivity index (χ3v) is 6.72. The van der Waals surface area contributed by atoms with Crippen molar-refractivity contribution in [2.75, 3.05) is 38.6 Å². The maximum atomic E-state index is 12.5. The van der Waals surface area contributed by atoms with Crippen molar-refractivity contribution in [3.05, 3.63) is 59.5 Å². The van der Waals surface area contributed by atoms with Crippen LogP contribution in [0.5, 0.6) is 5.75 Å². The van der Waals surface area contributed by atoms with E-state index in [0.29, 0.717) is 17.4 Å². The Balaban J connectivity index is 1.26. The number of carbonyl (C=O) groups excluding carboxylic acids is 1. The van der Waals surface area contributed by atoms with Crippen LogP contribution < -0.4 is 15.4 Å². The highest BCUT2D eigenvalue weighted by Gasteiger charge is 2.14. The molecule has 9 heteroatoms. The Morgan fingerprint density at radius 1 is 1.09 bits per heavy atom. The van der Waals surface area contributed by atoms with E-state index in [9.17, 15) is 4.79 Å². The van der Waals surface area contributed by atoms with Gasteiger partial charge in [0.2, 0.25) is 5.95 Å². The highest BCUT2D eigenvalue weighted by atomic mass is 32.1. The van der Waals surface area contributed by atoms with Crippen LogP contribution in [0, 0.1) is 0 Å². The predicted octanol–water partition coefficient (Wildman–Crippen LogP) is 4.04. The lowest BCUT2D eigenvalue weighted by atomic mass is 10.1. The van der Waals surface area contributed by atoms with E-state index in [2.05, 4.69) is 25.6 Å². The summed E-state index contributed by atoms with van der Waals surface area (Å²) in [6.07, 6.45) is 2.51. The largest absolute Gasteiger partial charge is 0.497 e. The fraction of sp³-hybridized carbons (Fsp3) is 0.292. The number of aromatic nitrogens is 3. The van der Waals surface area contributed by atoms with E-state index < -0.39 is 0 Å². The molecule has 2 N–H and O–H groups in total. The van der Waals surface area contributed by atoms with Gasteiger partial charge >= 0.3 is 0 Å². The Kier molecular flexibility index (Phi) is 6.23. The van der Waals surface area contributed by atoms with Gasteiger partial charge in [-0.15, -0.1) is 16.4 Å². The first kappa shape index (κ1) is 21.4. The molecule has 1 aliphatic heterocycles. The smallest absolute Gasteiger partial charge is 0.261 e. The number of fused-ring (bicyclic) bond motifs is 1. The summed E-state index contributed by atoms with van der Waals surface area (Å²) in [7, 11) is 1.65. The molecule has 3 aromatic heterocycles. The standard InChI is InChI=1S/C24H26N6O2S/c1-32-18-9-7-17(8-10-18)19-5-4-6-21-26-24(28-30(19)21)27-22-12-11-20(33-22)23(31)25-13-16-29-14-2-3-15-29/h4-12H,2-3,13-16H2,1H3,(H,25,31)(H,27,28). The van der Waals surface area contributed by atoms with Gasteiger partial charge in [0.15, 0.2) is 5.65 Å². The summed E-state index contributed by atoms with van der Waals surface area (Å²) in [5.74, 6) is 1.25. The number of amides is 1. The van der Waals surface area contributed by atoms with Crippen molar-refractivity contribution in [1.82, 2.24) is 24.8 Å². The fourth-order valence-electron chi connectivity index (χ4n) is 4.00. The van der Waals surface area contributed by atoms with Crippen molar-refractivity contribution in [3.8, 4) is 17.0 Å². The SMILES string of the molecule is COc1ccc(-c2cccc3nc(Nc4ccc(C(=O)NCCN5CCCC5)s4)nn23)cc1. The van der Waals surface area contributed by atoms with Crippen LogP contribution in [0.25, 0.3) is 16.9 Å². The van der Waals surface area contributed by atoms with Gasteiger partial charge < -0.3 is 20.3 Å². The number of nitrogens with zero attached hydrogens (tertiary/aromatic N) is 4. The molecular formula is C24H26N6O2S. The number of rotatable bonds is 8. The Morgan fingerprint density at radius 3 is 2.70 bits per heavy atom. The van der Waals surface area contributed by atoms with E-state index in [0.717, 1.165) is 47.3 Å². The molecule has 1 saturated heterocycles. The molecule has 0 unspecified atom stereocenters. The molecule has 1 aromatic carbocycles. The molecule has 0 aliphatic carbocycles. The van der Waals surface area contributed by atoms with Crippen LogP contribution in [0.15, 0.2) is 54.6 Å². The lowest BCUT2D eigenvalue weighted by Crippen LogP contribution is -2.33. The van der Waals surface area contributed by atoms with E-state index >= 15 is 0 Å². The Hall–Kier alpha value is -3.43. The molecule has 8 nitrogen and oxygen atoms in total. The average molecular weight is 463 g/mol. The monoisotopic (exact) mass is 462 g/mol. The van der Waals surface area contributed by atoms with Crippen LogP contribution in [0.1, 0.15) is 22.5 Å². The first-order valence-electron chi connectivity index (χ1n) is 11.1. The van der Waals surface area contributed by atoms with Gasteiger partial charge in [-0.05, 0) is 74.5 Å². The van der Waals surface area contributed by atoms with Gasteiger partial charge in [-0.25, -0.2) is 4.52 Å². The van der Waals surface area contributed by atoms with Crippen LogP contribution in [0.3, 0.4) is 0 Å². The molecule has 33 heavy (non-hydrogen) atoms. The molecule has 1 aliphatic rings. The number of benzene rings is 1. The number of hydrogen-bond donors (Lipinski definition) is 2. The average Bonchev–Trinajstić information content (AvgIpc) is 3.60. The van der Waals surface area contributed by atoms with Crippen LogP contribution in [-0.4, -0.2) is 58.7 Å². The number of likely N-dealkylation sites (tertiary alicyclic amines) is 1. The third kappa shape index (κ3) is 4.84. The van der Waals surface area contributed by atoms with Crippen LogP contribution in [-0.2, 0) is 0 Å². The molecule has 4 aromatic rings. The minimum atomic E-state index is -0.0444. The zero-order valence-corrected chi connectivity index (χ0v) is 19.3. The summed E-state index contributed by atoms with van der Waals surface area (Å²) in [5.41, 5.74) is 2.68. The molecule has 0 bridgehead atoms. The quantitative estimate of drug-likeness (QED) is 0.411. The maximum Gasteiger partial charge on any atom is 0.261 e. The van der Waals surface area contributed by atoms with E-state index in [1.54, 1.807) is 7.11 Å². The highest BCUT2D eigenvalue weighted by Crippen LogP contribution is 2.27. The molecule has 4 heterocycles. The topological polar surface area (TPSA) is 83.8 Å². The molecule has 1 fully saturated rings. The fourth-order valence-corrected chi connectivity index (χ4v) is 4.81. The van der Waals surface area contributed by atoms with Crippen molar-refractivity contribution in [2.24, 2.45) is 0 Å². The van der Waals surface area contributed by atoms with Crippen molar-refractivity contribution < 1.29 is 9.53 Å². The van der Waals surface area contributed by atoms with E-state index in [1.165, 1.54) is 24.2 Å². The number of thiophene rings is 1. The minimum Gasteiger partial charge on any atom is -0.497 e. The first-order chi connectivity index (χ1) is 16.2. The second kappa shape index (κ2) is 9.60. The summed E-state index contributed by atoms with van der Waals surface area (Å²) in [4.78, 5) is 20.1. The number of ether oxygens (including phenoxy) is 1. The van der Waals surface area contributed by atoms with Crippen molar-refractivity contribution in [2.45, 2.75) is 12.8 Å². The summed E-state index contributed by atoms with van der Waals surface area (Å²) in [5, 5.41) is 11.7.